The molecular formula is C16H20N4O2. The van der Waals surface area contributed by atoms with Crippen molar-refractivity contribution in [3.63, 3.8) is 0 Å². The number of aromatic nitrogens is 3. The lowest BCUT2D eigenvalue weighted by Crippen LogP contribution is -2.48. The molecule has 6 nitrogen and oxygen atoms in total. The zero-order valence-corrected chi connectivity index (χ0v) is 12.4. The van der Waals surface area contributed by atoms with Gasteiger partial charge in [0.05, 0.1) is 18.4 Å². The molecule has 6 heteroatoms. The summed E-state index contributed by atoms with van der Waals surface area (Å²) in [6.07, 6.45) is 3.87. The number of hydrogen-bond acceptors (Lipinski definition) is 5. The Kier molecular flexibility index (Phi) is 3.56. The number of morpholine rings is 1. The van der Waals surface area contributed by atoms with Gasteiger partial charge in [0.2, 0.25) is 0 Å². The molecule has 0 amide bonds. The number of fused-ring (bicyclic) bond motifs is 1. The van der Waals surface area contributed by atoms with Crippen molar-refractivity contribution in [1.82, 2.24) is 19.9 Å². The highest BCUT2D eigenvalue weighted by Gasteiger charge is 2.36. The fourth-order valence-corrected chi connectivity index (χ4v) is 3.60. The van der Waals surface area contributed by atoms with Gasteiger partial charge < -0.3 is 9.84 Å². The van der Waals surface area contributed by atoms with Crippen molar-refractivity contribution in [1.29, 1.82) is 0 Å². The molecule has 2 aromatic rings. The molecule has 1 aliphatic heterocycles. The summed E-state index contributed by atoms with van der Waals surface area (Å²) in [5.74, 6) is 0.0184. The van der Waals surface area contributed by atoms with E-state index in [9.17, 15) is 5.11 Å². The summed E-state index contributed by atoms with van der Waals surface area (Å²) >= 11 is 0. The Labute approximate surface area is 129 Å². The van der Waals surface area contributed by atoms with Crippen molar-refractivity contribution in [2.45, 2.75) is 38.0 Å². The van der Waals surface area contributed by atoms with E-state index in [0.29, 0.717) is 18.7 Å². The van der Waals surface area contributed by atoms with Crippen LogP contribution in [0.2, 0.25) is 0 Å². The normalized spacial score (nSPS) is 25.3. The van der Waals surface area contributed by atoms with Crippen LogP contribution in [-0.2, 0) is 11.3 Å². The molecule has 1 aliphatic carbocycles. The Hall–Kier alpha value is -1.92. The van der Waals surface area contributed by atoms with Gasteiger partial charge in [-0.1, -0.05) is 28.5 Å². The molecule has 0 radical (unpaired) electrons. The minimum Gasteiger partial charge on any atom is -0.491 e. The van der Waals surface area contributed by atoms with Crippen molar-refractivity contribution >= 4 is 0 Å². The van der Waals surface area contributed by atoms with Gasteiger partial charge in [0.25, 0.3) is 5.88 Å². The van der Waals surface area contributed by atoms with Crippen molar-refractivity contribution in [3.8, 4) is 11.6 Å². The molecule has 2 fully saturated rings. The molecule has 1 aromatic heterocycles. The first-order valence-corrected chi connectivity index (χ1v) is 7.87. The van der Waals surface area contributed by atoms with Crippen molar-refractivity contribution in [3.05, 3.63) is 36.0 Å². The lowest BCUT2D eigenvalue weighted by atomic mass is 10.1. The Morgan fingerprint density at radius 1 is 1.23 bits per heavy atom. The predicted octanol–water partition coefficient (Wildman–Crippen LogP) is 1.73. The standard InChI is InChI=1S/C16H20N4O2/c21-16-14(20(18-17-16)12-5-2-1-3-6-12)11-19-9-10-22-15-8-4-7-13(15)19/h1-3,5-6,13,15,21H,4,7-11H2/t13-,15+/m0/s1. The summed E-state index contributed by atoms with van der Waals surface area (Å²) in [6, 6.07) is 10.3. The van der Waals surface area contributed by atoms with Gasteiger partial charge in [0.15, 0.2) is 0 Å². The molecule has 1 N–H and O–H groups in total. The van der Waals surface area contributed by atoms with E-state index in [4.69, 9.17) is 4.74 Å². The number of nitrogens with zero attached hydrogens (tertiary/aromatic N) is 4. The quantitative estimate of drug-likeness (QED) is 0.935. The van der Waals surface area contributed by atoms with Crippen LogP contribution in [-0.4, -0.2) is 50.3 Å². The molecule has 1 saturated carbocycles. The molecule has 1 saturated heterocycles. The van der Waals surface area contributed by atoms with Crippen LogP contribution in [0.1, 0.15) is 25.0 Å². The summed E-state index contributed by atoms with van der Waals surface area (Å²) < 4.78 is 7.59. The van der Waals surface area contributed by atoms with Crippen molar-refractivity contribution in [2.24, 2.45) is 0 Å². The van der Waals surface area contributed by atoms with Gasteiger partial charge in [-0.15, -0.1) is 0 Å². The largest absolute Gasteiger partial charge is 0.491 e. The molecule has 2 aliphatic rings. The third-order valence-electron chi connectivity index (χ3n) is 4.69. The monoisotopic (exact) mass is 300 g/mol. The maximum absolute atomic E-state index is 10.1. The second kappa shape index (κ2) is 5.70. The van der Waals surface area contributed by atoms with Gasteiger partial charge in [0, 0.05) is 19.1 Å². The molecule has 2 heterocycles. The molecule has 0 unspecified atom stereocenters. The molecule has 116 valence electrons. The first kappa shape index (κ1) is 13.7. The van der Waals surface area contributed by atoms with Gasteiger partial charge in [-0.25, -0.2) is 4.68 Å². The van der Waals surface area contributed by atoms with E-state index in [0.717, 1.165) is 31.0 Å². The third kappa shape index (κ3) is 2.38. The molecular weight excluding hydrogens is 280 g/mol. The van der Waals surface area contributed by atoms with Crippen LogP contribution in [0.4, 0.5) is 0 Å². The lowest BCUT2D eigenvalue weighted by molar-refractivity contribution is -0.0595. The number of rotatable bonds is 3. The first-order chi connectivity index (χ1) is 10.8. The summed E-state index contributed by atoms with van der Waals surface area (Å²) in [7, 11) is 0. The maximum atomic E-state index is 10.1. The minimum atomic E-state index is 0.0184. The number of para-hydroxylation sites is 1. The van der Waals surface area contributed by atoms with Crippen LogP contribution in [0, 0.1) is 0 Å². The van der Waals surface area contributed by atoms with E-state index in [1.165, 1.54) is 12.8 Å². The summed E-state index contributed by atoms with van der Waals surface area (Å²) in [5, 5.41) is 18.1. The molecule has 0 bridgehead atoms. The Bertz CT molecular complexity index is 643. The minimum absolute atomic E-state index is 0.0184. The highest BCUT2D eigenvalue weighted by Crippen LogP contribution is 2.31. The van der Waals surface area contributed by atoms with E-state index in [2.05, 4.69) is 15.2 Å². The third-order valence-corrected chi connectivity index (χ3v) is 4.69. The van der Waals surface area contributed by atoms with Gasteiger partial charge in [-0.2, -0.15) is 0 Å². The lowest BCUT2D eigenvalue weighted by Gasteiger charge is -2.37. The molecule has 4 rings (SSSR count). The van der Waals surface area contributed by atoms with Crippen LogP contribution in [0.15, 0.2) is 30.3 Å². The molecule has 0 spiro atoms. The van der Waals surface area contributed by atoms with E-state index in [-0.39, 0.29) is 5.88 Å². The van der Waals surface area contributed by atoms with Crippen LogP contribution in [0.5, 0.6) is 5.88 Å². The smallest absolute Gasteiger partial charge is 0.256 e. The highest BCUT2D eigenvalue weighted by molar-refractivity contribution is 5.34. The van der Waals surface area contributed by atoms with Gasteiger partial charge in [0.1, 0.15) is 5.69 Å². The van der Waals surface area contributed by atoms with Crippen molar-refractivity contribution in [2.75, 3.05) is 13.2 Å². The fraction of sp³-hybridized carbons (Fsp3) is 0.500. The second-order valence-corrected chi connectivity index (χ2v) is 5.99. The fourth-order valence-electron chi connectivity index (χ4n) is 3.60. The van der Waals surface area contributed by atoms with Gasteiger partial charge in [-0.3, -0.25) is 4.90 Å². The van der Waals surface area contributed by atoms with Crippen molar-refractivity contribution < 1.29 is 9.84 Å². The van der Waals surface area contributed by atoms with Crippen LogP contribution >= 0.6 is 0 Å². The zero-order chi connectivity index (χ0) is 14.9. The van der Waals surface area contributed by atoms with E-state index in [1.807, 2.05) is 30.3 Å². The summed E-state index contributed by atoms with van der Waals surface area (Å²) in [5.41, 5.74) is 1.67. The van der Waals surface area contributed by atoms with Crippen LogP contribution in [0.3, 0.4) is 0 Å². The molecule has 2 atom stereocenters. The molecule has 22 heavy (non-hydrogen) atoms. The van der Waals surface area contributed by atoms with E-state index >= 15 is 0 Å². The summed E-state index contributed by atoms with van der Waals surface area (Å²) in [4.78, 5) is 2.40. The summed E-state index contributed by atoms with van der Waals surface area (Å²) in [6.45, 7) is 2.30. The average Bonchev–Trinajstić information content (AvgIpc) is 3.16. The van der Waals surface area contributed by atoms with Crippen LogP contribution < -0.4 is 0 Å². The average molecular weight is 300 g/mol. The van der Waals surface area contributed by atoms with Crippen LogP contribution in [0.25, 0.3) is 5.69 Å². The van der Waals surface area contributed by atoms with Gasteiger partial charge >= 0.3 is 0 Å². The Morgan fingerprint density at radius 3 is 2.95 bits per heavy atom. The molecule has 1 aromatic carbocycles. The van der Waals surface area contributed by atoms with E-state index < -0.39 is 0 Å². The Morgan fingerprint density at radius 2 is 2.09 bits per heavy atom. The SMILES string of the molecule is Oc1nnn(-c2ccccc2)c1CN1CCO[C@@H]2CCC[C@@H]21. The number of benzene rings is 1. The Balaban J connectivity index is 1.62. The maximum Gasteiger partial charge on any atom is 0.256 e. The second-order valence-electron chi connectivity index (χ2n) is 5.99. The van der Waals surface area contributed by atoms with Gasteiger partial charge in [-0.05, 0) is 31.4 Å². The topological polar surface area (TPSA) is 63.4 Å². The number of hydrogen-bond donors (Lipinski definition) is 1. The van der Waals surface area contributed by atoms with E-state index in [1.54, 1.807) is 4.68 Å². The first-order valence-electron chi connectivity index (χ1n) is 7.87. The highest BCUT2D eigenvalue weighted by atomic mass is 16.5. The number of aromatic hydroxyl groups is 1. The predicted molar refractivity (Wildman–Crippen MR) is 80.8 cm³/mol. The number of ether oxygens (including phenoxy) is 1. The zero-order valence-electron chi connectivity index (χ0n) is 12.4.